The van der Waals surface area contributed by atoms with Gasteiger partial charge in [0.05, 0.1) is 26.4 Å². The molecule has 1 N–H and O–H groups in total. The van der Waals surface area contributed by atoms with Crippen molar-refractivity contribution in [1.82, 2.24) is 9.29 Å². The summed E-state index contributed by atoms with van der Waals surface area (Å²) in [4.78, 5) is 4.33. The van der Waals surface area contributed by atoms with Crippen LogP contribution in [0.15, 0.2) is 41.4 Å². The van der Waals surface area contributed by atoms with Crippen LogP contribution in [0.5, 0.6) is 5.75 Å². The predicted molar refractivity (Wildman–Crippen MR) is 98.8 cm³/mol. The molecule has 1 saturated heterocycles. The van der Waals surface area contributed by atoms with E-state index in [1.807, 2.05) is 6.92 Å². The molecule has 2 heterocycles. The van der Waals surface area contributed by atoms with Crippen molar-refractivity contribution in [2.75, 3.05) is 38.7 Å². The summed E-state index contributed by atoms with van der Waals surface area (Å²) >= 11 is 0. The second kappa shape index (κ2) is 8.20. The first-order chi connectivity index (χ1) is 12.9. The van der Waals surface area contributed by atoms with E-state index in [0.717, 1.165) is 5.56 Å². The van der Waals surface area contributed by atoms with Crippen molar-refractivity contribution < 1.29 is 22.3 Å². The normalized spacial score (nSPS) is 16.7. The Kier molecular flexibility index (Phi) is 5.93. The Morgan fingerprint density at radius 1 is 1.26 bits per heavy atom. The molecule has 27 heavy (non-hydrogen) atoms. The first-order valence-electron chi connectivity index (χ1n) is 8.56. The fourth-order valence-corrected chi connectivity index (χ4v) is 4.17. The van der Waals surface area contributed by atoms with Gasteiger partial charge in [0.2, 0.25) is 10.0 Å². The van der Waals surface area contributed by atoms with Gasteiger partial charge in [0.15, 0.2) is 11.6 Å². The van der Waals surface area contributed by atoms with Crippen molar-refractivity contribution in [1.29, 1.82) is 0 Å². The van der Waals surface area contributed by atoms with E-state index >= 15 is 0 Å². The molecule has 1 aromatic carbocycles. The minimum atomic E-state index is -3.57. The van der Waals surface area contributed by atoms with Crippen LogP contribution in [0.25, 0.3) is 0 Å². The highest BCUT2D eigenvalue weighted by molar-refractivity contribution is 7.89. The summed E-state index contributed by atoms with van der Waals surface area (Å²) in [6.07, 6.45) is 1.33. The van der Waals surface area contributed by atoms with E-state index in [1.54, 1.807) is 18.2 Å². The van der Waals surface area contributed by atoms with Gasteiger partial charge in [-0.25, -0.2) is 17.8 Å². The van der Waals surface area contributed by atoms with E-state index in [4.69, 9.17) is 9.47 Å². The van der Waals surface area contributed by atoms with Gasteiger partial charge in [-0.05, 0) is 36.8 Å². The number of halogens is 1. The molecule has 1 aliphatic rings. The molecule has 9 heteroatoms. The second-order valence-corrected chi connectivity index (χ2v) is 8.09. The van der Waals surface area contributed by atoms with Crippen molar-refractivity contribution in [3.8, 4) is 5.75 Å². The Balaban J connectivity index is 1.71. The summed E-state index contributed by atoms with van der Waals surface area (Å²) in [5.74, 6) is 0.241. The molecular formula is C18H22FN3O4S. The van der Waals surface area contributed by atoms with E-state index in [-0.39, 0.29) is 16.7 Å². The number of hydrogen-bond donors (Lipinski definition) is 1. The molecule has 7 nitrogen and oxygen atoms in total. The summed E-state index contributed by atoms with van der Waals surface area (Å²) in [5.41, 5.74) is 0.722. The molecule has 0 unspecified atom stereocenters. The van der Waals surface area contributed by atoms with Gasteiger partial charge >= 0.3 is 0 Å². The van der Waals surface area contributed by atoms with Crippen molar-refractivity contribution in [2.24, 2.45) is 0 Å². The van der Waals surface area contributed by atoms with Gasteiger partial charge in [-0.2, -0.15) is 4.31 Å². The Morgan fingerprint density at radius 2 is 2.00 bits per heavy atom. The average Bonchev–Trinajstić information content (AvgIpc) is 2.69. The summed E-state index contributed by atoms with van der Waals surface area (Å²) in [7, 11) is -2.16. The molecule has 0 saturated carbocycles. The maximum absolute atomic E-state index is 13.9. The number of benzene rings is 1. The second-order valence-electron chi connectivity index (χ2n) is 6.16. The molecule has 1 fully saturated rings. The molecule has 1 atom stereocenters. The van der Waals surface area contributed by atoms with Crippen LogP contribution >= 0.6 is 0 Å². The van der Waals surface area contributed by atoms with E-state index in [0.29, 0.717) is 32.1 Å². The average molecular weight is 395 g/mol. The topological polar surface area (TPSA) is 80.8 Å². The Morgan fingerprint density at radius 3 is 2.59 bits per heavy atom. The Bertz CT molecular complexity index is 884. The molecule has 0 bridgehead atoms. The quantitative estimate of drug-likeness (QED) is 0.809. The molecule has 0 radical (unpaired) electrons. The van der Waals surface area contributed by atoms with E-state index in [9.17, 15) is 12.8 Å². The zero-order valence-electron chi connectivity index (χ0n) is 15.2. The summed E-state index contributed by atoms with van der Waals surface area (Å²) in [6.45, 7) is 3.32. The third-order valence-corrected chi connectivity index (χ3v) is 6.27. The van der Waals surface area contributed by atoms with Crippen molar-refractivity contribution in [3.05, 3.63) is 47.9 Å². The van der Waals surface area contributed by atoms with Crippen LogP contribution in [-0.4, -0.2) is 51.1 Å². The number of rotatable bonds is 6. The minimum Gasteiger partial charge on any atom is -0.494 e. The van der Waals surface area contributed by atoms with E-state index in [2.05, 4.69) is 10.3 Å². The van der Waals surface area contributed by atoms with E-state index in [1.165, 1.54) is 29.7 Å². The number of hydrogen-bond acceptors (Lipinski definition) is 6. The third-order valence-electron chi connectivity index (χ3n) is 4.38. The summed E-state index contributed by atoms with van der Waals surface area (Å²) < 4.78 is 50.6. The highest BCUT2D eigenvalue weighted by atomic mass is 32.2. The first kappa shape index (κ1) is 19.5. The molecule has 2 aromatic rings. The molecule has 0 spiro atoms. The van der Waals surface area contributed by atoms with Gasteiger partial charge in [-0.15, -0.1) is 0 Å². The number of methoxy groups -OCH3 is 1. The monoisotopic (exact) mass is 395 g/mol. The van der Waals surface area contributed by atoms with Crippen molar-refractivity contribution in [2.45, 2.75) is 17.9 Å². The van der Waals surface area contributed by atoms with E-state index < -0.39 is 15.8 Å². The largest absolute Gasteiger partial charge is 0.494 e. The number of anilines is 1. The number of pyridine rings is 1. The highest BCUT2D eigenvalue weighted by Gasteiger charge is 2.26. The third kappa shape index (κ3) is 4.37. The number of nitrogens with zero attached hydrogens (tertiary/aromatic N) is 2. The predicted octanol–water partition coefficient (Wildman–Crippen LogP) is 2.42. The summed E-state index contributed by atoms with van der Waals surface area (Å²) in [5, 5.41) is 3.13. The lowest BCUT2D eigenvalue weighted by atomic mass is 10.1. The lowest BCUT2D eigenvalue weighted by Gasteiger charge is -2.26. The van der Waals surface area contributed by atoms with Gasteiger partial charge in [-0.3, -0.25) is 0 Å². The van der Waals surface area contributed by atoms with Crippen LogP contribution in [0.2, 0.25) is 0 Å². The molecule has 0 amide bonds. The molecule has 0 aliphatic carbocycles. The molecular weight excluding hydrogens is 373 g/mol. The lowest BCUT2D eigenvalue weighted by molar-refractivity contribution is 0.0730. The Hall–Kier alpha value is -2.23. The van der Waals surface area contributed by atoms with Crippen LogP contribution in [0.1, 0.15) is 18.5 Å². The summed E-state index contributed by atoms with van der Waals surface area (Å²) in [6, 6.07) is 7.61. The maximum Gasteiger partial charge on any atom is 0.244 e. The first-order valence-corrected chi connectivity index (χ1v) is 10.00. The van der Waals surface area contributed by atoms with Gasteiger partial charge < -0.3 is 14.8 Å². The van der Waals surface area contributed by atoms with Gasteiger partial charge in [0.25, 0.3) is 0 Å². The maximum atomic E-state index is 13.9. The van der Waals surface area contributed by atoms with Crippen LogP contribution < -0.4 is 10.1 Å². The van der Waals surface area contributed by atoms with Gasteiger partial charge in [0, 0.05) is 19.3 Å². The van der Waals surface area contributed by atoms with Crippen LogP contribution in [0.3, 0.4) is 0 Å². The SMILES string of the molecule is COc1ccc([C@@H](C)Nc2ccc(S(=O)(=O)N3CCOCC3)cn2)cc1F. The minimum absolute atomic E-state index is 0.137. The standard InChI is InChI=1S/C18H22FN3O4S/c1-13(14-3-5-17(25-2)16(19)11-14)21-18-6-4-15(12-20-18)27(23,24)22-7-9-26-10-8-22/h3-6,11-13H,7-10H2,1-2H3,(H,20,21)/t13-/m1/s1. The van der Waals surface area contributed by atoms with Crippen LogP contribution in [0, 0.1) is 5.82 Å². The number of nitrogens with one attached hydrogen (secondary N) is 1. The van der Waals surface area contributed by atoms with Crippen LogP contribution in [-0.2, 0) is 14.8 Å². The number of morpholine rings is 1. The zero-order chi connectivity index (χ0) is 19.4. The van der Waals surface area contributed by atoms with Gasteiger partial charge in [0.1, 0.15) is 10.7 Å². The number of sulfonamides is 1. The number of aromatic nitrogens is 1. The molecule has 1 aromatic heterocycles. The van der Waals surface area contributed by atoms with Crippen molar-refractivity contribution in [3.63, 3.8) is 0 Å². The van der Waals surface area contributed by atoms with Crippen LogP contribution in [0.4, 0.5) is 10.2 Å². The number of ether oxygens (including phenoxy) is 2. The molecule has 1 aliphatic heterocycles. The van der Waals surface area contributed by atoms with Gasteiger partial charge in [-0.1, -0.05) is 6.07 Å². The fourth-order valence-electron chi connectivity index (χ4n) is 2.81. The smallest absolute Gasteiger partial charge is 0.244 e. The van der Waals surface area contributed by atoms with Crippen molar-refractivity contribution >= 4 is 15.8 Å². The lowest BCUT2D eigenvalue weighted by Crippen LogP contribution is -2.40. The fraction of sp³-hybridized carbons (Fsp3) is 0.389. The molecule has 3 rings (SSSR count). The molecule has 146 valence electrons. The zero-order valence-corrected chi connectivity index (χ0v) is 16.0. The Labute approximate surface area is 158 Å². The highest BCUT2D eigenvalue weighted by Crippen LogP contribution is 2.24.